The summed E-state index contributed by atoms with van der Waals surface area (Å²) in [4.78, 5) is 37.6. The van der Waals surface area contributed by atoms with Crippen LogP contribution in [0.15, 0.2) is 17.1 Å². The van der Waals surface area contributed by atoms with Gasteiger partial charge in [-0.05, 0) is 24.8 Å². The number of fused-ring (bicyclic) bond motifs is 1. The minimum Gasteiger partial charge on any atom is -0.366 e. The van der Waals surface area contributed by atoms with E-state index in [4.69, 9.17) is 0 Å². The number of nitrogens with one attached hydrogen (secondary N) is 3. The molecule has 3 N–H and O–H groups in total. The number of aromatic amines is 2. The fourth-order valence-corrected chi connectivity index (χ4v) is 3.89. The van der Waals surface area contributed by atoms with Crippen LogP contribution >= 0.6 is 0 Å². The second kappa shape index (κ2) is 6.78. The van der Waals surface area contributed by atoms with Crippen molar-refractivity contribution in [3.63, 3.8) is 0 Å². The third-order valence-corrected chi connectivity index (χ3v) is 5.32. The molecule has 1 aliphatic carbocycles. The van der Waals surface area contributed by atoms with Gasteiger partial charge >= 0.3 is 11.7 Å². The first kappa shape index (κ1) is 16.0. The average molecular weight is 344 g/mol. The molecule has 2 fully saturated rings. The summed E-state index contributed by atoms with van der Waals surface area (Å²) in [5.74, 6) is 0.653. The van der Waals surface area contributed by atoms with E-state index < -0.39 is 0 Å². The highest BCUT2D eigenvalue weighted by atomic mass is 16.2. The molecule has 4 rings (SSSR count). The number of urea groups is 1. The van der Waals surface area contributed by atoms with Crippen LogP contribution in [-0.2, 0) is 0 Å². The van der Waals surface area contributed by atoms with Crippen molar-refractivity contribution in [3.8, 4) is 0 Å². The fraction of sp³-hybridized carbons (Fsp3) is 0.588. The van der Waals surface area contributed by atoms with Gasteiger partial charge in [-0.25, -0.2) is 14.6 Å². The Hall–Kier alpha value is -2.51. The molecule has 0 unspecified atom stereocenters. The molecule has 2 aliphatic rings. The van der Waals surface area contributed by atoms with Gasteiger partial charge in [-0.15, -0.1) is 0 Å². The van der Waals surface area contributed by atoms with E-state index in [1.807, 2.05) is 11.0 Å². The van der Waals surface area contributed by atoms with Crippen molar-refractivity contribution in [2.45, 2.75) is 25.7 Å². The summed E-state index contributed by atoms with van der Waals surface area (Å²) >= 11 is 0. The molecule has 8 nitrogen and oxygen atoms in total. The van der Waals surface area contributed by atoms with Crippen LogP contribution in [0.4, 0.5) is 10.5 Å². The lowest BCUT2D eigenvalue weighted by atomic mass is 10.1. The lowest BCUT2D eigenvalue weighted by Crippen LogP contribution is -2.52. The molecule has 0 radical (unpaired) electrons. The van der Waals surface area contributed by atoms with Crippen molar-refractivity contribution >= 4 is 22.9 Å². The Kier molecular flexibility index (Phi) is 4.33. The highest BCUT2D eigenvalue weighted by Gasteiger charge is 2.24. The molecule has 2 aromatic rings. The van der Waals surface area contributed by atoms with E-state index in [9.17, 15) is 9.59 Å². The highest BCUT2D eigenvalue weighted by molar-refractivity contribution is 5.85. The molecule has 0 atom stereocenters. The van der Waals surface area contributed by atoms with Gasteiger partial charge in [0.15, 0.2) is 5.65 Å². The zero-order valence-electron chi connectivity index (χ0n) is 14.3. The van der Waals surface area contributed by atoms with E-state index in [0.29, 0.717) is 24.7 Å². The number of piperazine rings is 1. The maximum atomic E-state index is 12.3. The topological polar surface area (TPSA) is 97.1 Å². The Labute approximate surface area is 145 Å². The summed E-state index contributed by atoms with van der Waals surface area (Å²) in [7, 11) is 0. The molecule has 8 heteroatoms. The number of imidazole rings is 1. The number of amides is 2. The zero-order valence-corrected chi connectivity index (χ0v) is 14.3. The minimum absolute atomic E-state index is 0.0430. The van der Waals surface area contributed by atoms with Crippen molar-refractivity contribution in [3.05, 3.63) is 22.7 Å². The normalized spacial score (nSPS) is 18.9. The van der Waals surface area contributed by atoms with Crippen molar-refractivity contribution in [2.75, 3.05) is 37.6 Å². The molecular weight excluding hydrogens is 320 g/mol. The summed E-state index contributed by atoms with van der Waals surface area (Å²) in [6, 6.07) is 1.95. The largest absolute Gasteiger partial charge is 0.366 e. The molecule has 1 aliphatic heterocycles. The van der Waals surface area contributed by atoms with Gasteiger partial charge in [0, 0.05) is 38.9 Å². The Bertz CT molecular complexity index is 799. The summed E-state index contributed by atoms with van der Waals surface area (Å²) in [5.41, 5.74) is 2.00. The number of rotatable bonds is 3. The van der Waals surface area contributed by atoms with Gasteiger partial charge in [-0.2, -0.15) is 0 Å². The Balaban J connectivity index is 1.36. The number of H-pyrrole nitrogens is 2. The molecule has 1 saturated carbocycles. The van der Waals surface area contributed by atoms with Crippen LogP contribution in [0.2, 0.25) is 0 Å². The van der Waals surface area contributed by atoms with Gasteiger partial charge in [0.2, 0.25) is 0 Å². The van der Waals surface area contributed by atoms with Crippen LogP contribution in [0.5, 0.6) is 0 Å². The Morgan fingerprint density at radius 1 is 1.20 bits per heavy atom. The summed E-state index contributed by atoms with van der Waals surface area (Å²) in [6.45, 7) is 3.63. The van der Waals surface area contributed by atoms with E-state index in [-0.39, 0.29) is 11.7 Å². The number of carbonyl (C=O) groups excluding carboxylic acids is 1. The van der Waals surface area contributed by atoms with Gasteiger partial charge in [0.05, 0.1) is 5.69 Å². The number of hydrogen-bond acceptors (Lipinski definition) is 4. The van der Waals surface area contributed by atoms with E-state index in [1.54, 1.807) is 6.20 Å². The standard InChI is InChI=1S/C17H24N6O2/c24-16-20-14-13(5-6-18-15(14)21-16)22-7-9-23(10-8-22)17(25)19-11-12-3-1-2-4-12/h5-6,12H,1-4,7-11H2,(H,19,25)(H2,18,20,21,24). The SMILES string of the molecule is O=C(NCC1CCCC1)N1CCN(c2ccnc3[nH]c(=O)[nH]c23)CC1. The smallest absolute Gasteiger partial charge is 0.325 e. The third kappa shape index (κ3) is 3.33. The lowest BCUT2D eigenvalue weighted by Gasteiger charge is -2.36. The number of hydrogen-bond donors (Lipinski definition) is 3. The van der Waals surface area contributed by atoms with E-state index in [2.05, 4.69) is 25.2 Å². The second-order valence-electron chi connectivity index (χ2n) is 6.94. The first-order valence-corrected chi connectivity index (χ1v) is 9.05. The van der Waals surface area contributed by atoms with Crippen LogP contribution in [-0.4, -0.2) is 58.6 Å². The first-order chi connectivity index (χ1) is 12.2. The third-order valence-electron chi connectivity index (χ3n) is 5.32. The molecule has 0 bridgehead atoms. The maximum Gasteiger partial charge on any atom is 0.325 e. The number of nitrogens with zero attached hydrogens (tertiary/aromatic N) is 3. The summed E-state index contributed by atoms with van der Waals surface area (Å²) < 4.78 is 0. The van der Waals surface area contributed by atoms with Gasteiger partial charge < -0.3 is 20.1 Å². The summed E-state index contributed by atoms with van der Waals surface area (Å²) in [6.07, 6.45) is 6.76. The van der Waals surface area contributed by atoms with E-state index in [0.717, 1.165) is 30.8 Å². The molecule has 0 spiro atoms. The molecule has 134 valence electrons. The van der Waals surface area contributed by atoms with Crippen molar-refractivity contribution in [1.82, 2.24) is 25.2 Å². The monoisotopic (exact) mass is 344 g/mol. The second-order valence-corrected chi connectivity index (χ2v) is 6.94. The number of pyridine rings is 1. The van der Waals surface area contributed by atoms with Crippen LogP contribution in [0.25, 0.3) is 11.2 Å². The van der Waals surface area contributed by atoms with Gasteiger partial charge in [-0.1, -0.05) is 12.8 Å². The predicted molar refractivity (Wildman–Crippen MR) is 95.9 cm³/mol. The molecule has 3 heterocycles. The molecule has 1 saturated heterocycles. The molecule has 2 amide bonds. The number of aromatic nitrogens is 3. The number of carbonyl (C=O) groups is 1. The van der Waals surface area contributed by atoms with Crippen LogP contribution in [0.3, 0.4) is 0 Å². The molecule has 25 heavy (non-hydrogen) atoms. The highest BCUT2D eigenvalue weighted by Crippen LogP contribution is 2.24. The quantitative estimate of drug-likeness (QED) is 0.781. The molecule has 0 aromatic carbocycles. The predicted octanol–water partition coefficient (Wildman–Crippen LogP) is 1.27. The van der Waals surface area contributed by atoms with Gasteiger partial charge in [-0.3, -0.25) is 4.98 Å². The number of anilines is 1. The van der Waals surface area contributed by atoms with Gasteiger partial charge in [0.1, 0.15) is 5.52 Å². The van der Waals surface area contributed by atoms with Crippen molar-refractivity contribution in [1.29, 1.82) is 0 Å². The van der Waals surface area contributed by atoms with Crippen LogP contribution in [0.1, 0.15) is 25.7 Å². The van der Waals surface area contributed by atoms with Crippen LogP contribution in [0, 0.1) is 5.92 Å². The fourth-order valence-electron chi connectivity index (χ4n) is 3.89. The van der Waals surface area contributed by atoms with E-state index in [1.165, 1.54) is 25.7 Å². The Morgan fingerprint density at radius 3 is 2.72 bits per heavy atom. The minimum atomic E-state index is -0.250. The first-order valence-electron chi connectivity index (χ1n) is 9.05. The molecule has 2 aromatic heterocycles. The maximum absolute atomic E-state index is 12.3. The summed E-state index contributed by atoms with van der Waals surface area (Å²) in [5, 5.41) is 3.09. The zero-order chi connectivity index (χ0) is 17.2. The van der Waals surface area contributed by atoms with E-state index >= 15 is 0 Å². The van der Waals surface area contributed by atoms with Crippen molar-refractivity contribution in [2.24, 2.45) is 5.92 Å². The van der Waals surface area contributed by atoms with Crippen molar-refractivity contribution < 1.29 is 4.79 Å². The van der Waals surface area contributed by atoms with Gasteiger partial charge in [0.25, 0.3) is 0 Å². The van der Waals surface area contributed by atoms with Crippen LogP contribution < -0.4 is 15.9 Å². The molecular formula is C17H24N6O2. The lowest BCUT2D eigenvalue weighted by molar-refractivity contribution is 0.192. The Morgan fingerprint density at radius 2 is 1.96 bits per heavy atom. The average Bonchev–Trinajstić information content (AvgIpc) is 3.27.